The number of nitrogens with one attached hydrogen (secondary N) is 1. The molecular weight excluding hydrogens is 1030 g/mol. The summed E-state index contributed by atoms with van der Waals surface area (Å²) in [6.45, 7) is 3.61. The predicted molar refractivity (Wildman–Crippen MR) is 301 cm³/mol. The number of carbonyl (C=O) groups is 1. The second-order valence-corrected chi connectivity index (χ2v) is 20.2. The summed E-state index contributed by atoms with van der Waals surface area (Å²) in [4.78, 5) is 40.7. The highest BCUT2D eigenvalue weighted by Crippen LogP contribution is 2.35. The molecule has 2 aliphatic rings. The lowest BCUT2D eigenvalue weighted by Gasteiger charge is -2.46. The summed E-state index contributed by atoms with van der Waals surface area (Å²) in [7, 11) is 0. The molecule has 2 aliphatic heterocycles. The predicted octanol–water partition coefficient (Wildman–Crippen LogP) is 7.98. The van der Waals surface area contributed by atoms with E-state index in [-0.39, 0.29) is 52.1 Å². The molecule has 8 aromatic rings. The summed E-state index contributed by atoms with van der Waals surface area (Å²) < 4.78 is 57.8. The molecule has 81 heavy (non-hydrogen) atoms. The van der Waals surface area contributed by atoms with Gasteiger partial charge < -0.3 is 43.2 Å². The summed E-state index contributed by atoms with van der Waals surface area (Å²) in [5.74, 6) is -0.235. The van der Waals surface area contributed by atoms with Crippen LogP contribution in [0.2, 0.25) is 0 Å². The third-order valence-electron chi connectivity index (χ3n) is 14.3. The number of amides is 1. The maximum absolute atomic E-state index is 14.4. The van der Waals surface area contributed by atoms with Crippen LogP contribution in [0.1, 0.15) is 58.6 Å². The lowest BCUT2D eigenvalue weighted by Crippen LogP contribution is -2.65. The third kappa shape index (κ3) is 15.6. The molecule has 0 saturated carbocycles. The van der Waals surface area contributed by atoms with Crippen LogP contribution in [-0.2, 0) is 95.4 Å². The minimum absolute atomic E-state index is 0.0341. The van der Waals surface area contributed by atoms with E-state index in [0.717, 1.165) is 33.4 Å². The van der Waals surface area contributed by atoms with E-state index in [1.807, 2.05) is 188 Å². The van der Waals surface area contributed by atoms with E-state index in [2.05, 4.69) is 15.6 Å². The molecule has 2 fully saturated rings. The number of nitrogens with zero attached hydrogens (tertiary/aromatic N) is 5. The Hall–Kier alpha value is -7.71. The Morgan fingerprint density at radius 3 is 1.48 bits per heavy atom. The van der Waals surface area contributed by atoms with E-state index in [0.29, 0.717) is 31.9 Å². The maximum Gasteiger partial charge on any atom is 0.333 e. The standard InChI is InChI=1S/C64H68N6O11/c1-46(71)65-58-54(80-55(44-74-38-48-22-10-3-11-23-48)59(76-39-49-24-12-4-13-25-49)61(58)78-41-51-28-16-6-17-29-51)32-34-68-37-53(66-67-68)43-75-45-56-60(77-40-50-26-14-5-15-27-50)62(79-42-52-30-18-7-19-31-52)63(81-56)69-35-33-57(72)70(64(69)73)36-47-20-8-2-9-21-47/h2-31,33,35,37,54-56,58-63H,32,34,36,38-45H2,1H3,(H,65,71)/t54-,55?,56-,58?,59-,60?,61?,62?,63-/m1/s1. The van der Waals surface area contributed by atoms with Crippen molar-refractivity contribution in [2.75, 3.05) is 13.2 Å². The van der Waals surface area contributed by atoms with Crippen LogP contribution in [-0.4, -0.2) is 92.0 Å². The molecule has 1 N–H and O–H groups in total. The second kappa shape index (κ2) is 28.6. The van der Waals surface area contributed by atoms with Crippen molar-refractivity contribution >= 4 is 5.91 Å². The average molecular weight is 1100 g/mol. The smallest absolute Gasteiger partial charge is 0.333 e. The van der Waals surface area contributed by atoms with Gasteiger partial charge in [0.1, 0.15) is 42.3 Å². The van der Waals surface area contributed by atoms with Crippen molar-refractivity contribution in [3.8, 4) is 0 Å². The minimum Gasteiger partial charge on any atom is -0.374 e. The number of rotatable bonds is 27. The molecule has 17 nitrogen and oxygen atoms in total. The van der Waals surface area contributed by atoms with Crippen molar-refractivity contribution in [3.63, 3.8) is 0 Å². The van der Waals surface area contributed by atoms with Crippen molar-refractivity contribution in [3.05, 3.63) is 260 Å². The number of benzene rings is 6. The lowest BCUT2D eigenvalue weighted by atomic mass is 9.90. The molecule has 10 rings (SSSR count). The first kappa shape index (κ1) is 56.6. The zero-order valence-electron chi connectivity index (χ0n) is 45.3. The van der Waals surface area contributed by atoms with Gasteiger partial charge in [0.15, 0.2) is 6.23 Å². The van der Waals surface area contributed by atoms with Crippen LogP contribution in [0.25, 0.3) is 0 Å². The largest absolute Gasteiger partial charge is 0.374 e. The second-order valence-electron chi connectivity index (χ2n) is 20.2. The van der Waals surface area contributed by atoms with Gasteiger partial charge in [-0.25, -0.2) is 4.79 Å². The van der Waals surface area contributed by atoms with Gasteiger partial charge in [-0.05, 0) is 39.8 Å². The van der Waals surface area contributed by atoms with E-state index in [4.69, 9.17) is 37.9 Å². The van der Waals surface area contributed by atoms with Gasteiger partial charge in [0, 0.05) is 25.7 Å². The van der Waals surface area contributed by atoms with Crippen molar-refractivity contribution < 1.29 is 42.7 Å². The van der Waals surface area contributed by atoms with Gasteiger partial charge in [-0.2, -0.15) is 0 Å². The summed E-state index contributed by atoms with van der Waals surface area (Å²) in [5.41, 5.74) is 5.20. The molecular formula is C64H68N6O11. The summed E-state index contributed by atoms with van der Waals surface area (Å²) in [6, 6.07) is 59.4. The molecule has 9 atom stereocenters. The molecule has 6 aromatic carbocycles. The van der Waals surface area contributed by atoms with E-state index in [9.17, 15) is 14.4 Å². The summed E-state index contributed by atoms with van der Waals surface area (Å²) >= 11 is 0. The molecule has 420 valence electrons. The van der Waals surface area contributed by atoms with Gasteiger partial charge >= 0.3 is 5.69 Å². The van der Waals surface area contributed by atoms with Gasteiger partial charge in [-0.15, -0.1) is 5.10 Å². The third-order valence-corrected chi connectivity index (χ3v) is 14.3. The molecule has 0 bridgehead atoms. The quantitative estimate of drug-likeness (QED) is 0.0525. The van der Waals surface area contributed by atoms with Crippen molar-refractivity contribution in [2.24, 2.45) is 0 Å². The highest BCUT2D eigenvalue weighted by atomic mass is 16.6. The number of aryl methyl sites for hydroxylation is 1. The number of aromatic nitrogens is 5. The van der Waals surface area contributed by atoms with Crippen LogP contribution in [0.4, 0.5) is 0 Å². The van der Waals surface area contributed by atoms with E-state index < -0.39 is 66.2 Å². The number of hydrogen-bond donors (Lipinski definition) is 1. The molecule has 5 unspecified atom stereocenters. The number of hydrogen-bond acceptors (Lipinski definition) is 13. The fourth-order valence-electron chi connectivity index (χ4n) is 10.3. The highest BCUT2D eigenvalue weighted by molar-refractivity contribution is 5.73. The first-order valence-corrected chi connectivity index (χ1v) is 27.5. The van der Waals surface area contributed by atoms with Crippen LogP contribution in [0, 0.1) is 0 Å². The molecule has 0 spiro atoms. The van der Waals surface area contributed by atoms with Crippen molar-refractivity contribution in [2.45, 2.75) is 121 Å². The van der Waals surface area contributed by atoms with Gasteiger partial charge in [0.2, 0.25) is 5.91 Å². The van der Waals surface area contributed by atoms with Gasteiger partial charge in [0.05, 0.1) is 77.7 Å². The van der Waals surface area contributed by atoms with E-state index in [1.54, 1.807) is 4.68 Å². The Morgan fingerprint density at radius 2 is 0.963 bits per heavy atom. The lowest BCUT2D eigenvalue weighted by molar-refractivity contribution is -0.233. The van der Waals surface area contributed by atoms with E-state index in [1.165, 1.54) is 28.3 Å². The van der Waals surface area contributed by atoms with Crippen molar-refractivity contribution in [1.82, 2.24) is 29.4 Å². The highest BCUT2D eigenvalue weighted by Gasteiger charge is 2.49. The summed E-state index contributed by atoms with van der Waals surface area (Å²) in [5, 5.41) is 12.1. The molecule has 1 amide bonds. The fraction of sp³-hybridized carbons (Fsp3) is 0.328. The Morgan fingerprint density at radius 1 is 0.519 bits per heavy atom. The van der Waals surface area contributed by atoms with Crippen LogP contribution < -0.4 is 16.6 Å². The van der Waals surface area contributed by atoms with E-state index >= 15 is 0 Å². The number of carbonyl (C=O) groups excluding carboxylic acids is 1. The monoisotopic (exact) mass is 1100 g/mol. The Balaban J connectivity index is 0.860. The molecule has 2 aromatic heterocycles. The van der Waals surface area contributed by atoms with Crippen LogP contribution in [0.3, 0.4) is 0 Å². The summed E-state index contributed by atoms with van der Waals surface area (Å²) in [6.07, 6.45) is -1.96. The fourth-order valence-corrected chi connectivity index (χ4v) is 10.3. The normalized spacial score (nSPS) is 21.7. The molecule has 4 heterocycles. The zero-order chi connectivity index (χ0) is 55.6. The van der Waals surface area contributed by atoms with Gasteiger partial charge in [-0.1, -0.05) is 187 Å². The maximum atomic E-state index is 14.4. The average Bonchev–Trinajstić information content (AvgIpc) is 4.28. The number of ether oxygens (including phenoxy) is 8. The topological polar surface area (TPSA) is 178 Å². The molecule has 0 aliphatic carbocycles. The van der Waals surface area contributed by atoms with Crippen LogP contribution >= 0.6 is 0 Å². The Bertz CT molecular complexity index is 3280. The van der Waals surface area contributed by atoms with Crippen molar-refractivity contribution in [1.29, 1.82) is 0 Å². The SMILES string of the molecule is CC(=O)NC1C(OCc2ccccc2)[C@H](OCc2ccccc2)C(COCc2ccccc2)O[C@@H]1CCn1cc(COC[C@H]2O[C@@H](n3ccc(=O)n(Cc4ccccc4)c3=O)C(OCc3ccccc3)C2OCc2ccccc2)nn1. The van der Waals surface area contributed by atoms with Crippen LogP contribution in [0.15, 0.2) is 210 Å². The first-order chi connectivity index (χ1) is 39.8. The minimum atomic E-state index is -0.994. The molecule has 17 heteroatoms. The Labute approximate surface area is 470 Å². The van der Waals surface area contributed by atoms with Gasteiger partial charge in [-0.3, -0.25) is 23.4 Å². The van der Waals surface area contributed by atoms with Crippen LogP contribution in [0.5, 0.6) is 0 Å². The molecule has 0 radical (unpaired) electrons. The zero-order valence-corrected chi connectivity index (χ0v) is 45.3. The molecule has 2 saturated heterocycles. The van der Waals surface area contributed by atoms with Gasteiger partial charge in [0.25, 0.3) is 5.56 Å². The Kier molecular flexibility index (Phi) is 20.0. The first-order valence-electron chi connectivity index (χ1n) is 27.5.